The van der Waals surface area contributed by atoms with Crippen molar-refractivity contribution in [2.75, 3.05) is 73.7 Å². The molecule has 0 aromatic rings. The van der Waals surface area contributed by atoms with Crippen LogP contribution < -0.4 is 11.1 Å². The fourth-order valence-electron chi connectivity index (χ4n) is 7.71. The number of alkyl carbamates (subject to hydrolysis) is 1. The standard InChI is InChI=1S/C33H64N2O12/c1-14-43-22-29(7)31(9,35-23(38)45-16-15-41-12)33(11,40)25(3,27(5,18-37)47-29)20-44-21-28(6)30(8,34)32(10,39)24(2,19-42-13)26(4,17-36)46-28/h36-37,39-40H,14-22,34H2,1-13H3,(H,35,38)/t24-,25+,26?,27?,28-,29+,30?,31?,32+,33+/m1/s1. The number of nitrogens with two attached hydrogens (primary N) is 1. The molecule has 14 heteroatoms. The Hall–Kier alpha value is -1.17. The number of aliphatic hydroxyl groups excluding tert-OH is 2. The molecule has 2 aliphatic heterocycles. The van der Waals surface area contributed by atoms with Gasteiger partial charge in [-0.3, -0.25) is 0 Å². The average molecular weight is 681 g/mol. The molecule has 10 atom stereocenters. The van der Waals surface area contributed by atoms with Gasteiger partial charge < -0.3 is 64.6 Å². The Balaban J connectivity index is 2.59. The van der Waals surface area contributed by atoms with E-state index in [1.165, 1.54) is 14.2 Å². The molecule has 0 spiro atoms. The Morgan fingerprint density at radius 2 is 1.17 bits per heavy atom. The molecule has 0 aromatic heterocycles. The van der Waals surface area contributed by atoms with Crippen LogP contribution in [0.5, 0.6) is 0 Å². The maximum atomic E-state index is 13.1. The van der Waals surface area contributed by atoms with Gasteiger partial charge in [0.05, 0.1) is 85.0 Å². The molecule has 2 saturated heterocycles. The van der Waals surface area contributed by atoms with E-state index in [2.05, 4.69) is 5.32 Å². The van der Waals surface area contributed by atoms with Gasteiger partial charge in [-0.2, -0.15) is 0 Å². The van der Waals surface area contributed by atoms with Gasteiger partial charge in [-0.25, -0.2) is 4.79 Å². The van der Waals surface area contributed by atoms with Gasteiger partial charge >= 0.3 is 6.09 Å². The van der Waals surface area contributed by atoms with E-state index in [0.717, 1.165) is 0 Å². The third-order valence-corrected chi connectivity index (χ3v) is 12.8. The third-order valence-electron chi connectivity index (χ3n) is 12.8. The zero-order valence-corrected chi connectivity index (χ0v) is 31.0. The molecule has 0 aromatic carbocycles. The van der Waals surface area contributed by atoms with E-state index in [-0.39, 0.29) is 39.6 Å². The second kappa shape index (κ2) is 13.9. The normalized spacial score (nSPS) is 47.1. The Morgan fingerprint density at radius 1 is 0.681 bits per heavy atom. The largest absolute Gasteiger partial charge is 0.447 e. The quantitative estimate of drug-likeness (QED) is 0.135. The molecule has 2 rings (SSSR count). The zero-order chi connectivity index (χ0) is 36.6. The highest BCUT2D eigenvalue weighted by atomic mass is 16.6. The highest BCUT2D eigenvalue weighted by molar-refractivity contribution is 5.69. The van der Waals surface area contributed by atoms with Gasteiger partial charge in [0.15, 0.2) is 0 Å². The number of hydrogen-bond donors (Lipinski definition) is 6. The summed E-state index contributed by atoms with van der Waals surface area (Å²) in [7, 11) is 2.99. The number of amides is 1. The van der Waals surface area contributed by atoms with Crippen molar-refractivity contribution < 1.29 is 58.4 Å². The van der Waals surface area contributed by atoms with Crippen LogP contribution in [0.3, 0.4) is 0 Å². The Kier molecular flexibility index (Phi) is 12.4. The maximum absolute atomic E-state index is 13.1. The summed E-state index contributed by atoms with van der Waals surface area (Å²) < 4.78 is 41.3. The molecule has 0 aliphatic carbocycles. The molecular formula is C33H64N2O12. The number of ether oxygens (including phenoxy) is 7. The van der Waals surface area contributed by atoms with E-state index in [1.54, 1.807) is 69.2 Å². The summed E-state index contributed by atoms with van der Waals surface area (Å²) in [5.41, 5.74) is -7.63. The molecule has 0 bridgehead atoms. The number of nitrogens with one attached hydrogen (secondary N) is 1. The van der Waals surface area contributed by atoms with Gasteiger partial charge in [0.2, 0.25) is 0 Å². The summed E-state index contributed by atoms with van der Waals surface area (Å²) in [6, 6.07) is 0. The van der Waals surface area contributed by atoms with Crippen LogP contribution in [0.4, 0.5) is 4.79 Å². The fraction of sp³-hybridized carbons (Fsp3) is 0.970. The van der Waals surface area contributed by atoms with E-state index >= 15 is 0 Å². The van der Waals surface area contributed by atoms with Crippen molar-refractivity contribution in [3.63, 3.8) is 0 Å². The van der Waals surface area contributed by atoms with Crippen LogP contribution in [0.2, 0.25) is 0 Å². The molecule has 14 nitrogen and oxygen atoms in total. The van der Waals surface area contributed by atoms with Crippen LogP contribution in [0.15, 0.2) is 0 Å². The van der Waals surface area contributed by atoms with Crippen LogP contribution in [-0.4, -0.2) is 145 Å². The molecule has 0 radical (unpaired) electrons. The lowest BCUT2D eigenvalue weighted by Crippen LogP contribution is -2.87. The van der Waals surface area contributed by atoms with Crippen LogP contribution in [0.1, 0.15) is 76.2 Å². The molecule has 278 valence electrons. The van der Waals surface area contributed by atoms with Crippen LogP contribution in [0.25, 0.3) is 0 Å². The number of carbonyl (C=O) groups is 1. The molecule has 47 heavy (non-hydrogen) atoms. The first-order valence-corrected chi connectivity index (χ1v) is 16.3. The molecule has 7 N–H and O–H groups in total. The number of carbonyl (C=O) groups excluding carboxylic acids is 1. The van der Waals surface area contributed by atoms with Crippen molar-refractivity contribution >= 4 is 6.09 Å². The Bertz CT molecular complexity index is 1090. The van der Waals surface area contributed by atoms with Crippen LogP contribution >= 0.6 is 0 Å². The van der Waals surface area contributed by atoms with Crippen molar-refractivity contribution in [3.05, 3.63) is 0 Å². The second-order valence-electron chi connectivity index (χ2n) is 15.4. The summed E-state index contributed by atoms with van der Waals surface area (Å²) in [5.74, 6) is 0. The molecule has 0 saturated carbocycles. The van der Waals surface area contributed by atoms with Gasteiger partial charge in [-0.15, -0.1) is 0 Å². The zero-order valence-electron chi connectivity index (χ0n) is 31.0. The van der Waals surface area contributed by atoms with E-state index in [0.29, 0.717) is 6.61 Å². The average Bonchev–Trinajstić information content (AvgIpc) is 2.98. The first-order chi connectivity index (χ1) is 21.3. The maximum Gasteiger partial charge on any atom is 0.407 e. The number of methoxy groups -OCH3 is 2. The monoisotopic (exact) mass is 680 g/mol. The minimum absolute atomic E-state index is 0.0191. The van der Waals surface area contributed by atoms with Crippen molar-refractivity contribution in [2.45, 2.75) is 121 Å². The van der Waals surface area contributed by atoms with E-state index in [1.807, 2.05) is 6.92 Å². The third kappa shape index (κ3) is 6.13. The van der Waals surface area contributed by atoms with Gasteiger partial charge in [-0.1, -0.05) is 13.8 Å². The minimum Gasteiger partial charge on any atom is -0.447 e. The molecule has 2 aliphatic rings. The minimum atomic E-state index is -1.86. The summed E-state index contributed by atoms with van der Waals surface area (Å²) in [5, 5.41) is 49.1. The summed E-state index contributed by atoms with van der Waals surface area (Å²) in [4.78, 5) is 13.1. The first-order valence-electron chi connectivity index (χ1n) is 16.3. The van der Waals surface area contributed by atoms with Crippen LogP contribution in [-0.2, 0) is 33.2 Å². The van der Waals surface area contributed by atoms with Gasteiger partial charge in [0, 0.05) is 20.8 Å². The van der Waals surface area contributed by atoms with Crippen LogP contribution in [0, 0.1) is 10.8 Å². The van der Waals surface area contributed by atoms with Crippen molar-refractivity contribution in [2.24, 2.45) is 16.6 Å². The fourth-order valence-corrected chi connectivity index (χ4v) is 7.71. The molecular weight excluding hydrogens is 616 g/mol. The highest BCUT2D eigenvalue weighted by Gasteiger charge is 2.76. The van der Waals surface area contributed by atoms with Gasteiger partial charge in [-0.05, 0) is 62.3 Å². The molecule has 1 amide bonds. The second-order valence-corrected chi connectivity index (χ2v) is 15.4. The van der Waals surface area contributed by atoms with E-state index in [9.17, 15) is 25.2 Å². The van der Waals surface area contributed by atoms with Gasteiger partial charge in [0.25, 0.3) is 0 Å². The summed E-state index contributed by atoms with van der Waals surface area (Å²) in [6.45, 7) is 17.6. The van der Waals surface area contributed by atoms with Crippen molar-refractivity contribution in [3.8, 4) is 0 Å². The first kappa shape index (κ1) is 42.0. The lowest BCUT2D eigenvalue weighted by atomic mass is 9.51. The van der Waals surface area contributed by atoms with E-state index < -0.39 is 74.8 Å². The molecule has 2 heterocycles. The Morgan fingerprint density at radius 3 is 1.64 bits per heavy atom. The van der Waals surface area contributed by atoms with E-state index in [4.69, 9.17) is 38.9 Å². The lowest BCUT2D eigenvalue weighted by molar-refractivity contribution is -0.374. The topological polar surface area (TPSA) is 201 Å². The highest BCUT2D eigenvalue weighted by Crippen LogP contribution is 2.60. The number of aliphatic hydroxyl groups is 4. The van der Waals surface area contributed by atoms with Crippen molar-refractivity contribution in [1.82, 2.24) is 5.32 Å². The van der Waals surface area contributed by atoms with Crippen molar-refractivity contribution in [1.29, 1.82) is 0 Å². The molecule has 2 fully saturated rings. The lowest BCUT2D eigenvalue weighted by Gasteiger charge is -2.69. The smallest absolute Gasteiger partial charge is 0.407 e. The predicted molar refractivity (Wildman–Crippen MR) is 174 cm³/mol. The van der Waals surface area contributed by atoms with Gasteiger partial charge in [0.1, 0.15) is 23.3 Å². The summed E-state index contributed by atoms with van der Waals surface area (Å²) in [6.07, 6.45) is -0.807. The molecule has 4 unspecified atom stereocenters. The number of hydrogen-bond acceptors (Lipinski definition) is 13. The summed E-state index contributed by atoms with van der Waals surface area (Å²) >= 11 is 0. The predicted octanol–water partition coefficient (Wildman–Crippen LogP) is 1.13. The number of rotatable bonds is 15. The SMILES string of the molecule is CCOC[C@]1(C)OC(C)(CO)[C@](C)(COC[C@@]2(C)OC(C)(CO)[C@@](C)(COC)[C@](C)(O)C2(C)N)[C@](C)(O)C1(C)NC(=O)OCCOC. The Labute approximate surface area is 280 Å².